The number of carbonyl (C=O) groups is 2. The van der Waals surface area contributed by atoms with Crippen LogP contribution in [-0.4, -0.2) is 41.1 Å². The van der Waals surface area contributed by atoms with E-state index in [9.17, 15) is 19.1 Å². The molecular formula is C18H22FNO4. The lowest BCUT2D eigenvalue weighted by atomic mass is 9.81. The Hall–Kier alpha value is -2.11. The molecule has 1 saturated heterocycles. The van der Waals surface area contributed by atoms with Crippen LogP contribution in [-0.2, 0) is 9.59 Å². The summed E-state index contributed by atoms with van der Waals surface area (Å²) in [6, 6.07) is 5.98. The molecule has 24 heavy (non-hydrogen) atoms. The zero-order chi connectivity index (χ0) is 17.3. The maximum absolute atomic E-state index is 13.8. The first-order valence-electron chi connectivity index (χ1n) is 8.41. The van der Waals surface area contributed by atoms with Crippen LogP contribution in [0.1, 0.15) is 32.6 Å². The van der Waals surface area contributed by atoms with E-state index >= 15 is 0 Å². The SMILES string of the molecule is CCC(Oc1ccccc1F)C(=O)N1C[C@@H]2CCC[C@@]2(C(=O)O)C1. The van der Waals surface area contributed by atoms with E-state index in [4.69, 9.17) is 4.74 Å². The van der Waals surface area contributed by atoms with Crippen molar-refractivity contribution < 1.29 is 23.8 Å². The first-order chi connectivity index (χ1) is 11.5. The predicted octanol–water partition coefficient (Wildman–Crippen LogP) is 2.70. The Balaban J connectivity index is 1.74. The highest BCUT2D eigenvalue weighted by molar-refractivity contribution is 5.84. The Bertz CT molecular complexity index is 650. The number of benzene rings is 1. The predicted molar refractivity (Wildman–Crippen MR) is 85.1 cm³/mol. The van der Waals surface area contributed by atoms with Crippen LogP contribution in [0.15, 0.2) is 24.3 Å². The van der Waals surface area contributed by atoms with Crippen molar-refractivity contribution in [1.29, 1.82) is 0 Å². The quantitative estimate of drug-likeness (QED) is 0.898. The lowest BCUT2D eigenvalue weighted by molar-refractivity contribution is -0.150. The maximum Gasteiger partial charge on any atom is 0.311 e. The standard InChI is InChI=1S/C18H22FNO4/c1-2-14(24-15-8-4-3-7-13(15)19)16(21)20-10-12-6-5-9-18(12,11-20)17(22)23/h3-4,7-8,12,14H,2,5-6,9-11H2,1H3,(H,22,23)/t12-,14?,18+/m0/s1. The van der Waals surface area contributed by atoms with E-state index in [1.54, 1.807) is 24.0 Å². The van der Waals surface area contributed by atoms with Gasteiger partial charge >= 0.3 is 5.97 Å². The Labute approximate surface area is 140 Å². The van der Waals surface area contributed by atoms with Gasteiger partial charge in [0.05, 0.1) is 5.41 Å². The maximum atomic E-state index is 13.8. The number of aliphatic carboxylic acids is 1. The van der Waals surface area contributed by atoms with Gasteiger partial charge in [-0.2, -0.15) is 0 Å². The summed E-state index contributed by atoms with van der Waals surface area (Å²) < 4.78 is 19.3. The Morgan fingerprint density at radius 2 is 2.21 bits per heavy atom. The minimum atomic E-state index is -0.816. The molecule has 1 aromatic carbocycles. The molecule has 3 rings (SSSR count). The molecule has 1 amide bonds. The van der Waals surface area contributed by atoms with Crippen LogP contribution in [0.3, 0.4) is 0 Å². The van der Waals surface area contributed by atoms with E-state index in [0.29, 0.717) is 19.4 Å². The molecule has 0 aromatic heterocycles. The van der Waals surface area contributed by atoms with Gasteiger partial charge in [-0.25, -0.2) is 4.39 Å². The fourth-order valence-corrected chi connectivity index (χ4v) is 4.01. The Morgan fingerprint density at radius 1 is 1.46 bits per heavy atom. The van der Waals surface area contributed by atoms with E-state index in [-0.39, 0.29) is 24.1 Å². The fourth-order valence-electron chi connectivity index (χ4n) is 4.01. The van der Waals surface area contributed by atoms with Gasteiger partial charge in [0.25, 0.3) is 5.91 Å². The number of likely N-dealkylation sites (tertiary alicyclic amines) is 1. The summed E-state index contributed by atoms with van der Waals surface area (Å²) in [6.45, 7) is 2.47. The van der Waals surface area contributed by atoms with Gasteiger partial charge < -0.3 is 14.7 Å². The molecule has 3 atom stereocenters. The normalized spacial score (nSPS) is 26.9. The third kappa shape index (κ3) is 2.74. The van der Waals surface area contributed by atoms with E-state index in [1.807, 2.05) is 0 Å². The number of hydrogen-bond donors (Lipinski definition) is 1. The van der Waals surface area contributed by atoms with Gasteiger partial charge in [-0.15, -0.1) is 0 Å². The van der Waals surface area contributed by atoms with Crippen molar-refractivity contribution in [2.45, 2.75) is 38.7 Å². The smallest absolute Gasteiger partial charge is 0.311 e. The van der Waals surface area contributed by atoms with Crippen molar-refractivity contribution in [3.8, 4) is 5.75 Å². The number of halogens is 1. The third-order valence-electron chi connectivity index (χ3n) is 5.36. The number of rotatable bonds is 5. The highest BCUT2D eigenvalue weighted by Crippen LogP contribution is 2.49. The number of nitrogens with zero attached hydrogens (tertiary/aromatic N) is 1. The van der Waals surface area contributed by atoms with Crippen LogP contribution in [0.5, 0.6) is 5.75 Å². The van der Waals surface area contributed by atoms with E-state index in [0.717, 1.165) is 12.8 Å². The van der Waals surface area contributed by atoms with E-state index in [2.05, 4.69) is 0 Å². The molecule has 1 aromatic rings. The summed E-state index contributed by atoms with van der Waals surface area (Å²) in [7, 11) is 0. The van der Waals surface area contributed by atoms with Gasteiger partial charge in [0, 0.05) is 13.1 Å². The summed E-state index contributed by atoms with van der Waals surface area (Å²) in [4.78, 5) is 26.1. The molecule has 1 saturated carbocycles. The zero-order valence-electron chi connectivity index (χ0n) is 13.7. The third-order valence-corrected chi connectivity index (χ3v) is 5.36. The fraction of sp³-hybridized carbons (Fsp3) is 0.556. The largest absolute Gasteiger partial charge is 0.481 e. The molecule has 1 N–H and O–H groups in total. The lowest BCUT2D eigenvalue weighted by Crippen LogP contribution is -2.43. The van der Waals surface area contributed by atoms with Crippen molar-refractivity contribution in [1.82, 2.24) is 4.90 Å². The topological polar surface area (TPSA) is 66.8 Å². The van der Waals surface area contributed by atoms with Crippen LogP contribution in [0.4, 0.5) is 4.39 Å². The second-order valence-electron chi connectivity index (χ2n) is 6.71. The Morgan fingerprint density at radius 3 is 2.83 bits per heavy atom. The molecule has 2 fully saturated rings. The lowest BCUT2D eigenvalue weighted by Gasteiger charge is -2.26. The molecule has 0 bridgehead atoms. The average molecular weight is 335 g/mol. The summed E-state index contributed by atoms with van der Waals surface area (Å²) >= 11 is 0. The van der Waals surface area contributed by atoms with Crippen LogP contribution in [0.25, 0.3) is 0 Å². The van der Waals surface area contributed by atoms with Crippen LogP contribution in [0, 0.1) is 17.2 Å². The van der Waals surface area contributed by atoms with Crippen molar-refractivity contribution in [2.75, 3.05) is 13.1 Å². The second kappa shape index (κ2) is 6.42. The summed E-state index contributed by atoms with van der Waals surface area (Å²) in [6.07, 6.45) is 1.94. The van der Waals surface area contributed by atoms with Crippen molar-refractivity contribution in [3.63, 3.8) is 0 Å². The summed E-state index contributed by atoms with van der Waals surface area (Å²) in [5, 5.41) is 9.62. The highest BCUT2D eigenvalue weighted by Gasteiger charge is 2.56. The average Bonchev–Trinajstić information content (AvgIpc) is 3.11. The van der Waals surface area contributed by atoms with Gasteiger partial charge in [0.2, 0.25) is 0 Å². The number of carboxylic acid groups (broad SMARTS) is 1. The van der Waals surface area contributed by atoms with Crippen molar-refractivity contribution in [3.05, 3.63) is 30.1 Å². The van der Waals surface area contributed by atoms with Crippen LogP contribution in [0.2, 0.25) is 0 Å². The molecule has 130 valence electrons. The number of fused-ring (bicyclic) bond motifs is 1. The number of ether oxygens (including phenoxy) is 1. The van der Waals surface area contributed by atoms with Crippen molar-refractivity contribution >= 4 is 11.9 Å². The molecule has 5 nitrogen and oxygen atoms in total. The molecule has 1 aliphatic heterocycles. The number of carbonyl (C=O) groups excluding carboxylic acids is 1. The highest BCUT2D eigenvalue weighted by atomic mass is 19.1. The van der Waals surface area contributed by atoms with Gasteiger partial charge in [0.15, 0.2) is 17.7 Å². The molecule has 1 unspecified atom stereocenters. The second-order valence-corrected chi connectivity index (χ2v) is 6.71. The van der Waals surface area contributed by atoms with Crippen LogP contribution < -0.4 is 4.74 Å². The molecule has 1 heterocycles. The first-order valence-corrected chi connectivity index (χ1v) is 8.41. The van der Waals surface area contributed by atoms with Gasteiger partial charge in [-0.3, -0.25) is 9.59 Å². The zero-order valence-corrected chi connectivity index (χ0v) is 13.7. The first kappa shape index (κ1) is 16.7. The summed E-state index contributed by atoms with van der Waals surface area (Å²) in [5.41, 5.74) is -0.814. The minimum Gasteiger partial charge on any atom is -0.481 e. The number of amides is 1. The van der Waals surface area contributed by atoms with E-state index < -0.39 is 23.3 Å². The summed E-state index contributed by atoms with van der Waals surface area (Å²) in [5.74, 6) is -1.53. The number of carboxylic acids is 1. The molecule has 6 heteroatoms. The molecule has 2 aliphatic rings. The number of hydrogen-bond acceptors (Lipinski definition) is 3. The number of para-hydroxylation sites is 1. The molecule has 0 radical (unpaired) electrons. The molecular weight excluding hydrogens is 313 g/mol. The minimum absolute atomic E-state index is 0.00455. The van der Waals surface area contributed by atoms with Gasteiger partial charge in [-0.05, 0) is 37.3 Å². The van der Waals surface area contributed by atoms with Gasteiger partial charge in [0.1, 0.15) is 0 Å². The van der Waals surface area contributed by atoms with Crippen LogP contribution >= 0.6 is 0 Å². The Kier molecular flexibility index (Phi) is 4.47. The van der Waals surface area contributed by atoms with Crippen molar-refractivity contribution in [2.24, 2.45) is 11.3 Å². The molecule has 0 spiro atoms. The monoisotopic (exact) mass is 335 g/mol. The van der Waals surface area contributed by atoms with E-state index in [1.165, 1.54) is 12.1 Å². The molecule has 1 aliphatic carbocycles. The van der Waals surface area contributed by atoms with Gasteiger partial charge in [-0.1, -0.05) is 25.5 Å².